The van der Waals surface area contributed by atoms with E-state index in [-0.39, 0.29) is 24.2 Å². The lowest BCUT2D eigenvalue weighted by Crippen LogP contribution is -2.19. The second kappa shape index (κ2) is 6.53. The Morgan fingerprint density at radius 1 is 1.15 bits per heavy atom. The summed E-state index contributed by atoms with van der Waals surface area (Å²) in [5, 5.41) is 0. The normalized spacial score (nSPS) is 12.2. The molecule has 20 heavy (non-hydrogen) atoms. The third-order valence-corrected chi connectivity index (χ3v) is 3.32. The summed E-state index contributed by atoms with van der Waals surface area (Å²) in [5.74, 6) is -0.102. The molecule has 2 aromatic carbocycles. The van der Waals surface area contributed by atoms with Crippen LogP contribution < -0.4 is 10.5 Å². The van der Waals surface area contributed by atoms with Crippen LogP contribution in [0.1, 0.15) is 29.7 Å². The molecule has 0 saturated heterocycles. The number of aryl methyl sites for hydroxylation is 2. The zero-order chi connectivity index (χ0) is 14.5. The van der Waals surface area contributed by atoms with Crippen molar-refractivity contribution in [2.75, 3.05) is 6.61 Å². The number of hydrogen-bond acceptors (Lipinski definition) is 2. The van der Waals surface area contributed by atoms with Gasteiger partial charge in [-0.05, 0) is 42.2 Å². The van der Waals surface area contributed by atoms with Gasteiger partial charge < -0.3 is 10.5 Å². The molecule has 3 heteroatoms. The number of rotatable bonds is 5. The fraction of sp³-hybridized carbons (Fsp3) is 0.294. The van der Waals surface area contributed by atoms with Crippen molar-refractivity contribution in [3.8, 4) is 5.75 Å². The van der Waals surface area contributed by atoms with Crippen LogP contribution >= 0.6 is 0 Å². The van der Waals surface area contributed by atoms with E-state index in [4.69, 9.17) is 10.5 Å². The van der Waals surface area contributed by atoms with Crippen LogP contribution in [-0.2, 0) is 6.42 Å². The first-order valence-electron chi connectivity index (χ1n) is 6.83. The zero-order valence-electron chi connectivity index (χ0n) is 11.9. The molecule has 0 radical (unpaired) electrons. The molecular formula is C17H20FNO. The van der Waals surface area contributed by atoms with Crippen molar-refractivity contribution in [1.82, 2.24) is 0 Å². The van der Waals surface area contributed by atoms with Gasteiger partial charge in [0.1, 0.15) is 6.61 Å². The smallest absolute Gasteiger partial charge is 0.165 e. The predicted octanol–water partition coefficient (Wildman–Crippen LogP) is 3.78. The molecule has 2 nitrogen and oxygen atoms in total. The summed E-state index contributed by atoms with van der Waals surface area (Å²) in [5.41, 5.74) is 9.30. The third kappa shape index (κ3) is 3.58. The van der Waals surface area contributed by atoms with Crippen LogP contribution in [0.3, 0.4) is 0 Å². The first kappa shape index (κ1) is 14.5. The molecule has 1 atom stereocenters. The fourth-order valence-electron chi connectivity index (χ4n) is 2.00. The average Bonchev–Trinajstić information content (AvgIpc) is 2.48. The predicted molar refractivity (Wildman–Crippen MR) is 79.4 cm³/mol. The molecule has 0 saturated carbocycles. The Labute approximate surface area is 119 Å². The van der Waals surface area contributed by atoms with Crippen molar-refractivity contribution in [2.24, 2.45) is 5.73 Å². The molecule has 0 aliphatic heterocycles. The third-order valence-electron chi connectivity index (χ3n) is 3.32. The van der Waals surface area contributed by atoms with E-state index in [1.165, 1.54) is 11.6 Å². The van der Waals surface area contributed by atoms with Gasteiger partial charge in [-0.25, -0.2) is 4.39 Å². The number of halogens is 1. The van der Waals surface area contributed by atoms with Crippen LogP contribution in [0, 0.1) is 12.7 Å². The summed E-state index contributed by atoms with van der Waals surface area (Å²) < 4.78 is 19.0. The molecule has 0 fully saturated rings. The lowest BCUT2D eigenvalue weighted by Gasteiger charge is -2.14. The van der Waals surface area contributed by atoms with E-state index in [0.717, 1.165) is 17.5 Å². The molecule has 2 N–H and O–H groups in total. The largest absolute Gasteiger partial charge is 0.489 e. The fourth-order valence-corrected chi connectivity index (χ4v) is 2.00. The average molecular weight is 273 g/mol. The maximum atomic E-state index is 13.6. The summed E-state index contributed by atoms with van der Waals surface area (Å²) in [4.78, 5) is 0. The van der Waals surface area contributed by atoms with Gasteiger partial charge in [0.05, 0.1) is 6.04 Å². The maximum Gasteiger partial charge on any atom is 0.165 e. The van der Waals surface area contributed by atoms with E-state index in [2.05, 4.69) is 19.1 Å². The number of ether oxygens (including phenoxy) is 1. The molecule has 0 amide bonds. The standard InChI is InChI=1S/C17H20FNO/c1-3-13-5-7-14(8-6-13)16(19)11-20-17-10-12(2)4-9-15(17)18/h4-10,16H,3,11,19H2,1-2H3. The highest BCUT2D eigenvalue weighted by Gasteiger charge is 2.09. The van der Waals surface area contributed by atoms with E-state index in [0.29, 0.717) is 0 Å². The van der Waals surface area contributed by atoms with Crippen LogP contribution in [0.5, 0.6) is 5.75 Å². The summed E-state index contributed by atoms with van der Waals surface area (Å²) in [6.07, 6.45) is 1.00. The Kier molecular flexibility index (Phi) is 4.74. The molecule has 1 unspecified atom stereocenters. The van der Waals surface area contributed by atoms with Crippen LogP contribution in [0.25, 0.3) is 0 Å². The van der Waals surface area contributed by atoms with Gasteiger partial charge in [-0.15, -0.1) is 0 Å². The van der Waals surface area contributed by atoms with Crippen LogP contribution in [-0.4, -0.2) is 6.61 Å². The molecule has 0 aliphatic rings. The second-order valence-electron chi connectivity index (χ2n) is 4.95. The quantitative estimate of drug-likeness (QED) is 0.900. The highest BCUT2D eigenvalue weighted by atomic mass is 19.1. The molecular weight excluding hydrogens is 253 g/mol. The lowest BCUT2D eigenvalue weighted by atomic mass is 10.1. The topological polar surface area (TPSA) is 35.2 Å². The first-order valence-corrected chi connectivity index (χ1v) is 6.83. The van der Waals surface area contributed by atoms with Gasteiger partial charge in [-0.1, -0.05) is 37.3 Å². The number of nitrogens with two attached hydrogens (primary N) is 1. The summed E-state index contributed by atoms with van der Waals surface area (Å²) in [7, 11) is 0. The van der Waals surface area contributed by atoms with E-state index < -0.39 is 0 Å². The van der Waals surface area contributed by atoms with E-state index in [9.17, 15) is 4.39 Å². The molecule has 2 rings (SSSR count). The molecule has 2 aromatic rings. The van der Waals surface area contributed by atoms with Gasteiger partial charge >= 0.3 is 0 Å². The molecule has 0 spiro atoms. The van der Waals surface area contributed by atoms with Gasteiger partial charge in [0.15, 0.2) is 11.6 Å². The number of hydrogen-bond donors (Lipinski definition) is 1. The zero-order valence-corrected chi connectivity index (χ0v) is 11.9. The van der Waals surface area contributed by atoms with Gasteiger partial charge in [0.2, 0.25) is 0 Å². The van der Waals surface area contributed by atoms with E-state index in [1.54, 1.807) is 12.1 Å². The minimum atomic E-state index is -0.357. The maximum absolute atomic E-state index is 13.6. The van der Waals surface area contributed by atoms with Gasteiger partial charge in [-0.2, -0.15) is 0 Å². The summed E-state index contributed by atoms with van der Waals surface area (Å²) in [6, 6.07) is 12.7. The molecule has 0 bridgehead atoms. The minimum absolute atomic E-state index is 0.255. The van der Waals surface area contributed by atoms with Gasteiger partial charge in [0.25, 0.3) is 0 Å². The highest BCUT2D eigenvalue weighted by molar-refractivity contribution is 5.30. The molecule has 0 heterocycles. The minimum Gasteiger partial charge on any atom is -0.489 e. The SMILES string of the molecule is CCc1ccc(C(N)COc2cc(C)ccc2F)cc1. The molecule has 0 aromatic heterocycles. The lowest BCUT2D eigenvalue weighted by molar-refractivity contribution is 0.277. The van der Waals surface area contributed by atoms with E-state index in [1.807, 2.05) is 19.1 Å². The molecule has 106 valence electrons. The van der Waals surface area contributed by atoms with Crippen LogP contribution in [0.4, 0.5) is 4.39 Å². The van der Waals surface area contributed by atoms with E-state index >= 15 is 0 Å². The Bertz CT molecular complexity index is 566. The van der Waals surface area contributed by atoms with Crippen LogP contribution in [0.15, 0.2) is 42.5 Å². The Hall–Kier alpha value is -1.87. The van der Waals surface area contributed by atoms with Crippen molar-refractivity contribution in [3.05, 3.63) is 65.0 Å². The highest BCUT2D eigenvalue weighted by Crippen LogP contribution is 2.20. The number of benzene rings is 2. The first-order chi connectivity index (χ1) is 9.60. The van der Waals surface area contributed by atoms with Crippen molar-refractivity contribution >= 4 is 0 Å². The Balaban J connectivity index is 2.00. The van der Waals surface area contributed by atoms with Crippen molar-refractivity contribution in [2.45, 2.75) is 26.3 Å². The Morgan fingerprint density at radius 3 is 2.50 bits per heavy atom. The summed E-state index contributed by atoms with van der Waals surface area (Å²) in [6.45, 7) is 4.26. The van der Waals surface area contributed by atoms with Gasteiger partial charge in [-0.3, -0.25) is 0 Å². The van der Waals surface area contributed by atoms with Crippen molar-refractivity contribution in [3.63, 3.8) is 0 Å². The monoisotopic (exact) mass is 273 g/mol. The van der Waals surface area contributed by atoms with Crippen LogP contribution in [0.2, 0.25) is 0 Å². The van der Waals surface area contributed by atoms with Gasteiger partial charge in [0, 0.05) is 0 Å². The molecule has 0 aliphatic carbocycles. The summed E-state index contributed by atoms with van der Waals surface area (Å²) >= 11 is 0. The second-order valence-corrected chi connectivity index (χ2v) is 4.95. The Morgan fingerprint density at radius 2 is 1.85 bits per heavy atom. The van der Waals surface area contributed by atoms with Crippen molar-refractivity contribution in [1.29, 1.82) is 0 Å². The van der Waals surface area contributed by atoms with Crippen molar-refractivity contribution < 1.29 is 9.13 Å².